The molecule has 0 bridgehead atoms. The van der Waals surface area contributed by atoms with E-state index in [1.807, 2.05) is 24.4 Å². The van der Waals surface area contributed by atoms with Crippen molar-refractivity contribution in [3.63, 3.8) is 0 Å². The molecule has 1 aliphatic rings. The molecular formula is C21H17NO4S2. The topological polar surface area (TPSA) is 71.5 Å². The van der Waals surface area contributed by atoms with E-state index >= 15 is 0 Å². The van der Waals surface area contributed by atoms with Crippen molar-refractivity contribution in [3.05, 3.63) is 81.5 Å². The number of sulfone groups is 1. The minimum absolute atomic E-state index is 0.0111. The van der Waals surface area contributed by atoms with Crippen molar-refractivity contribution in [1.82, 2.24) is 4.90 Å². The van der Waals surface area contributed by atoms with Gasteiger partial charge in [0.25, 0.3) is 5.91 Å². The maximum atomic E-state index is 13.0. The summed E-state index contributed by atoms with van der Waals surface area (Å²) in [5.74, 6) is -0.606. The van der Waals surface area contributed by atoms with Gasteiger partial charge in [0.1, 0.15) is 0 Å². The number of thiophene rings is 1. The molecule has 0 saturated heterocycles. The summed E-state index contributed by atoms with van der Waals surface area (Å²) < 4.78 is 26.1. The van der Waals surface area contributed by atoms with Crippen LogP contribution in [0.2, 0.25) is 0 Å². The van der Waals surface area contributed by atoms with Crippen LogP contribution in [0.15, 0.2) is 69.8 Å². The quantitative estimate of drug-likeness (QED) is 0.512. The van der Waals surface area contributed by atoms with Crippen LogP contribution in [0, 0.1) is 0 Å². The second kappa shape index (κ2) is 7.00. The Bertz CT molecular complexity index is 1180. The Labute approximate surface area is 167 Å². The lowest BCUT2D eigenvalue weighted by Crippen LogP contribution is -2.30. The van der Waals surface area contributed by atoms with Gasteiger partial charge >= 0.3 is 0 Å². The van der Waals surface area contributed by atoms with Crippen LogP contribution in [-0.4, -0.2) is 31.6 Å². The number of rotatable bonds is 4. The van der Waals surface area contributed by atoms with E-state index in [0.29, 0.717) is 13.1 Å². The lowest BCUT2D eigenvalue weighted by atomic mass is 10.0. The summed E-state index contributed by atoms with van der Waals surface area (Å²) in [7, 11) is -3.86. The van der Waals surface area contributed by atoms with Gasteiger partial charge in [0, 0.05) is 28.1 Å². The third-order valence-electron chi connectivity index (χ3n) is 4.78. The number of amides is 1. The van der Waals surface area contributed by atoms with E-state index in [0.717, 1.165) is 4.88 Å². The molecule has 0 radical (unpaired) electrons. The monoisotopic (exact) mass is 411 g/mol. The summed E-state index contributed by atoms with van der Waals surface area (Å²) in [4.78, 5) is 28.3. The van der Waals surface area contributed by atoms with E-state index in [1.165, 1.54) is 30.3 Å². The Morgan fingerprint density at radius 3 is 2.46 bits per heavy atom. The second-order valence-electron chi connectivity index (χ2n) is 6.44. The van der Waals surface area contributed by atoms with Crippen molar-refractivity contribution in [2.75, 3.05) is 6.54 Å². The molecule has 7 heteroatoms. The molecule has 0 aliphatic carbocycles. The van der Waals surface area contributed by atoms with Gasteiger partial charge in [0.05, 0.1) is 16.3 Å². The van der Waals surface area contributed by atoms with E-state index in [4.69, 9.17) is 0 Å². The molecular weight excluding hydrogens is 394 g/mol. The number of hydrogen-bond acceptors (Lipinski definition) is 5. The summed E-state index contributed by atoms with van der Waals surface area (Å²) in [6.07, 6.45) is 0. The van der Waals surface area contributed by atoms with Crippen molar-refractivity contribution in [3.8, 4) is 0 Å². The Morgan fingerprint density at radius 1 is 1.00 bits per heavy atom. The third-order valence-corrected chi connectivity index (χ3v) is 7.49. The fourth-order valence-corrected chi connectivity index (χ4v) is 5.71. The normalized spacial score (nSPS) is 14.2. The number of benzene rings is 2. The molecule has 0 atom stereocenters. The molecule has 5 nitrogen and oxygen atoms in total. The Balaban J connectivity index is 1.75. The largest absolute Gasteiger partial charge is 0.334 e. The van der Waals surface area contributed by atoms with Crippen LogP contribution in [0.5, 0.6) is 0 Å². The molecule has 1 amide bonds. The third kappa shape index (κ3) is 2.96. The molecule has 0 spiro atoms. The number of fused-ring (bicyclic) bond motifs is 2. The van der Waals surface area contributed by atoms with Crippen LogP contribution in [-0.2, 0) is 16.4 Å². The Kier molecular flexibility index (Phi) is 4.64. The van der Waals surface area contributed by atoms with Gasteiger partial charge in [-0.2, -0.15) is 0 Å². The van der Waals surface area contributed by atoms with E-state index < -0.39 is 9.84 Å². The number of carbonyl (C=O) groups is 2. The van der Waals surface area contributed by atoms with Gasteiger partial charge in [-0.3, -0.25) is 9.59 Å². The molecule has 2 heterocycles. The highest BCUT2D eigenvalue weighted by atomic mass is 32.2. The standard InChI is InChI=1S/C21H17NO4S2/c1-2-22(13-15-6-5-11-27-15)21(24)14-9-10-17-19(12-14)28(25,26)18-8-4-3-7-16(18)20(17)23/h3-12H,2,13H2,1H3. The van der Waals surface area contributed by atoms with Crippen LogP contribution in [0.25, 0.3) is 0 Å². The first-order valence-corrected chi connectivity index (χ1v) is 11.1. The highest BCUT2D eigenvalue weighted by molar-refractivity contribution is 7.91. The van der Waals surface area contributed by atoms with Gasteiger partial charge in [-0.1, -0.05) is 18.2 Å². The first kappa shape index (κ1) is 18.6. The van der Waals surface area contributed by atoms with E-state index in [2.05, 4.69) is 0 Å². The molecule has 3 aromatic rings. The fourth-order valence-electron chi connectivity index (χ4n) is 3.32. The van der Waals surface area contributed by atoms with Crippen molar-refractivity contribution in [2.45, 2.75) is 23.3 Å². The minimum atomic E-state index is -3.86. The first-order chi connectivity index (χ1) is 13.4. The lowest BCUT2D eigenvalue weighted by Gasteiger charge is -2.22. The van der Waals surface area contributed by atoms with E-state index in [9.17, 15) is 18.0 Å². The maximum absolute atomic E-state index is 13.0. The maximum Gasteiger partial charge on any atom is 0.254 e. The van der Waals surface area contributed by atoms with Gasteiger partial charge < -0.3 is 4.90 Å². The van der Waals surface area contributed by atoms with Crippen LogP contribution in [0.4, 0.5) is 0 Å². The predicted molar refractivity (Wildman–Crippen MR) is 107 cm³/mol. The summed E-state index contributed by atoms with van der Waals surface area (Å²) in [5, 5.41) is 1.95. The molecule has 28 heavy (non-hydrogen) atoms. The van der Waals surface area contributed by atoms with Gasteiger partial charge in [-0.25, -0.2) is 8.42 Å². The average molecular weight is 412 g/mol. The van der Waals surface area contributed by atoms with Gasteiger partial charge in [-0.05, 0) is 48.7 Å². The van der Waals surface area contributed by atoms with Crippen LogP contribution >= 0.6 is 11.3 Å². The van der Waals surface area contributed by atoms with Gasteiger partial charge in [0.15, 0.2) is 5.78 Å². The fraction of sp³-hybridized carbons (Fsp3) is 0.143. The smallest absolute Gasteiger partial charge is 0.254 e. The minimum Gasteiger partial charge on any atom is -0.334 e. The molecule has 2 aromatic carbocycles. The Hall–Kier alpha value is -2.77. The average Bonchev–Trinajstić information content (AvgIpc) is 3.23. The summed E-state index contributed by atoms with van der Waals surface area (Å²) in [6.45, 7) is 2.82. The highest BCUT2D eigenvalue weighted by Crippen LogP contribution is 2.35. The summed E-state index contributed by atoms with van der Waals surface area (Å²) in [5.41, 5.74) is 0.534. The van der Waals surface area contributed by atoms with Crippen molar-refractivity contribution < 1.29 is 18.0 Å². The number of hydrogen-bond donors (Lipinski definition) is 0. The Morgan fingerprint density at radius 2 is 1.75 bits per heavy atom. The van der Waals surface area contributed by atoms with Crippen molar-refractivity contribution in [2.24, 2.45) is 0 Å². The summed E-state index contributed by atoms with van der Waals surface area (Å²) >= 11 is 1.56. The molecule has 1 aromatic heterocycles. The number of carbonyl (C=O) groups excluding carboxylic acids is 2. The SMILES string of the molecule is CCN(Cc1cccs1)C(=O)c1ccc2c(c1)S(=O)(=O)c1ccccc1C2=O. The molecule has 0 fully saturated rings. The van der Waals surface area contributed by atoms with Crippen molar-refractivity contribution >= 4 is 32.9 Å². The molecule has 0 saturated carbocycles. The molecule has 0 unspecified atom stereocenters. The zero-order chi connectivity index (χ0) is 19.9. The lowest BCUT2D eigenvalue weighted by molar-refractivity contribution is 0.0753. The molecule has 0 N–H and O–H groups in total. The number of ketones is 1. The second-order valence-corrected chi connectivity index (χ2v) is 9.36. The van der Waals surface area contributed by atoms with Crippen molar-refractivity contribution in [1.29, 1.82) is 0 Å². The van der Waals surface area contributed by atoms with Gasteiger partial charge in [-0.15, -0.1) is 11.3 Å². The number of nitrogens with zero attached hydrogens (tertiary/aromatic N) is 1. The first-order valence-electron chi connectivity index (χ1n) is 8.78. The van der Waals surface area contributed by atoms with E-state index in [1.54, 1.807) is 28.4 Å². The van der Waals surface area contributed by atoms with Crippen LogP contribution < -0.4 is 0 Å². The highest BCUT2D eigenvalue weighted by Gasteiger charge is 2.35. The van der Waals surface area contributed by atoms with E-state index in [-0.39, 0.29) is 38.2 Å². The van der Waals surface area contributed by atoms with Crippen LogP contribution in [0.3, 0.4) is 0 Å². The molecule has 4 rings (SSSR count). The predicted octanol–water partition coefficient (Wildman–Crippen LogP) is 3.79. The zero-order valence-electron chi connectivity index (χ0n) is 15.1. The molecule has 142 valence electrons. The zero-order valence-corrected chi connectivity index (χ0v) is 16.7. The molecule has 1 aliphatic heterocycles. The van der Waals surface area contributed by atoms with Crippen LogP contribution in [0.1, 0.15) is 38.1 Å². The summed E-state index contributed by atoms with van der Waals surface area (Å²) in [6, 6.07) is 14.3. The van der Waals surface area contributed by atoms with Gasteiger partial charge in [0.2, 0.25) is 9.84 Å².